The summed E-state index contributed by atoms with van der Waals surface area (Å²) in [5, 5.41) is 2.79. The number of hydrogen-bond donors (Lipinski definition) is 1. The molecule has 0 bridgehead atoms. The summed E-state index contributed by atoms with van der Waals surface area (Å²) in [5.41, 5.74) is 1.44. The van der Waals surface area contributed by atoms with Gasteiger partial charge < -0.3 is 24.4 Å². The molecule has 0 aliphatic carbocycles. The van der Waals surface area contributed by atoms with Crippen LogP contribution in [0.15, 0.2) is 42.5 Å². The number of anilines is 1. The highest BCUT2D eigenvalue weighted by atomic mass is 16.5. The first-order valence-corrected chi connectivity index (χ1v) is 9.53. The molecule has 156 valence electrons. The minimum atomic E-state index is -0.290. The van der Waals surface area contributed by atoms with E-state index in [0.29, 0.717) is 30.4 Å². The lowest BCUT2D eigenvalue weighted by atomic mass is 10.1. The maximum absolute atomic E-state index is 12.4. The van der Waals surface area contributed by atoms with Gasteiger partial charge in [-0.15, -0.1) is 0 Å². The molecule has 0 unspecified atom stereocenters. The van der Waals surface area contributed by atoms with Crippen molar-refractivity contribution < 1.29 is 23.8 Å². The molecule has 0 radical (unpaired) electrons. The molecule has 7 nitrogen and oxygen atoms in total. The molecule has 0 heterocycles. The summed E-state index contributed by atoms with van der Waals surface area (Å²) in [6.45, 7) is 4.73. The van der Waals surface area contributed by atoms with E-state index in [1.807, 2.05) is 26.0 Å². The van der Waals surface area contributed by atoms with Crippen molar-refractivity contribution in [2.75, 3.05) is 39.2 Å². The predicted octanol–water partition coefficient (Wildman–Crippen LogP) is 3.13. The number of carbonyl (C=O) groups excluding carboxylic acids is 2. The van der Waals surface area contributed by atoms with Crippen LogP contribution in [-0.2, 0) is 16.0 Å². The second kappa shape index (κ2) is 10.9. The van der Waals surface area contributed by atoms with Crippen LogP contribution in [0.4, 0.5) is 5.69 Å². The third-order valence-corrected chi connectivity index (χ3v) is 4.15. The molecule has 0 fully saturated rings. The average molecular weight is 400 g/mol. The molecule has 0 saturated heterocycles. The predicted molar refractivity (Wildman–Crippen MR) is 112 cm³/mol. The fourth-order valence-corrected chi connectivity index (χ4v) is 2.69. The van der Waals surface area contributed by atoms with Crippen LogP contribution in [0.3, 0.4) is 0 Å². The molecule has 0 aromatic heterocycles. The summed E-state index contributed by atoms with van der Waals surface area (Å²) >= 11 is 0. The summed E-state index contributed by atoms with van der Waals surface area (Å²) in [6, 6.07) is 12.5. The monoisotopic (exact) mass is 400 g/mol. The van der Waals surface area contributed by atoms with E-state index >= 15 is 0 Å². The Balaban J connectivity index is 1.93. The second-order valence-corrected chi connectivity index (χ2v) is 6.35. The smallest absolute Gasteiger partial charge is 0.243 e. The van der Waals surface area contributed by atoms with Gasteiger partial charge in [-0.3, -0.25) is 9.59 Å². The van der Waals surface area contributed by atoms with Crippen LogP contribution in [0.5, 0.6) is 17.2 Å². The lowest BCUT2D eigenvalue weighted by Gasteiger charge is -2.18. The average Bonchev–Trinajstić information content (AvgIpc) is 2.70. The van der Waals surface area contributed by atoms with Gasteiger partial charge in [-0.2, -0.15) is 0 Å². The SMILES string of the molecule is CCOc1ccc(NC(=O)CN(C)C(=O)Cc2ccc(OC)cc2)cc1OCC. The van der Waals surface area contributed by atoms with E-state index < -0.39 is 0 Å². The number of benzene rings is 2. The molecule has 0 spiro atoms. The first-order valence-electron chi connectivity index (χ1n) is 9.53. The summed E-state index contributed by atoms with van der Waals surface area (Å²) in [5.74, 6) is 1.49. The Kier molecular flexibility index (Phi) is 8.33. The van der Waals surface area contributed by atoms with E-state index in [4.69, 9.17) is 14.2 Å². The lowest BCUT2D eigenvalue weighted by molar-refractivity contribution is -0.132. The second-order valence-electron chi connectivity index (χ2n) is 6.35. The maximum Gasteiger partial charge on any atom is 0.243 e. The molecule has 2 aromatic rings. The summed E-state index contributed by atoms with van der Waals surface area (Å²) in [7, 11) is 3.20. The quantitative estimate of drug-likeness (QED) is 0.663. The van der Waals surface area contributed by atoms with Crippen molar-refractivity contribution >= 4 is 17.5 Å². The third-order valence-electron chi connectivity index (χ3n) is 4.15. The first kappa shape index (κ1) is 22.1. The Bertz CT molecular complexity index is 820. The Morgan fingerprint density at radius 2 is 1.62 bits per heavy atom. The van der Waals surface area contributed by atoms with Gasteiger partial charge in [0.15, 0.2) is 11.5 Å². The number of likely N-dealkylation sites (N-methyl/N-ethyl adjacent to an activating group) is 1. The Morgan fingerprint density at radius 3 is 2.24 bits per heavy atom. The topological polar surface area (TPSA) is 77.1 Å². The summed E-state index contributed by atoms with van der Waals surface area (Å²) < 4.78 is 16.2. The number of nitrogens with one attached hydrogen (secondary N) is 1. The van der Waals surface area contributed by atoms with Crippen molar-refractivity contribution in [3.63, 3.8) is 0 Å². The van der Waals surface area contributed by atoms with E-state index in [9.17, 15) is 9.59 Å². The number of carbonyl (C=O) groups is 2. The number of hydrogen-bond acceptors (Lipinski definition) is 5. The highest BCUT2D eigenvalue weighted by molar-refractivity contribution is 5.95. The van der Waals surface area contributed by atoms with Gasteiger partial charge in [-0.25, -0.2) is 0 Å². The normalized spacial score (nSPS) is 10.2. The largest absolute Gasteiger partial charge is 0.497 e. The van der Waals surface area contributed by atoms with Crippen LogP contribution in [0, 0.1) is 0 Å². The Hall–Kier alpha value is -3.22. The number of nitrogens with zero attached hydrogens (tertiary/aromatic N) is 1. The van der Waals surface area contributed by atoms with Crippen LogP contribution < -0.4 is 19.5 Å². The zero-order valence-corrected chi connectivity index (χ0v) is 17.4. The minimum Gasteiger partial charge on any atom is -0.497 e. The van der Waals surface area contributed by atoms with E-state index in [0.717, 1.165) is 11.3 Å². The van der Waals surface area contributed by atoms with E-state index in [1.165, 1.54) is 4.90 Å². The van der Waals surface area contributed by atoms with Gasteiger partial charge in [0, 0.05) is 18.8 Å². The van der Waals surface area contributed by atoms with E-state index in [-0.39, 0.29) is 24.8 Å². The van der Waals surface area contributed by atoms with Gasteiger partial charge in [-0.1, -0.05) is 12.1 Å². The van der Waals surface area contributed by atoms with Gasteiger partial charge in [0.05, 0.1) is 33.3 Å². The number of methoxy groups -OCH3 is 1. The fourth-order valence-electron chi connectivity index (χ4n) is 2.69. The van der Waals surface area contributed by atoms with Crippen LogP contribution in [0.25, 0.3) is 0 Å². The molecule has 1 N–H and O–H groups in total. The molecule has 7 heteroatoms. The van der Waals surface area contributed by atoms with Crippen molar-refractivity contribution in [1.82, 2.24) is 4.90 Å². The van der Waals surface area contributed by atoms with Gasteiger partial charge in [0.25, 0.3) is 0 Å². The van der Waals surface area contributed by atoms with Gasteiger partial charge in [0.2, 0.25) is 11.8 Å². The van der Waals surface area contributed by atoms with Gasteiger partial charge in [0.1, 0.15) is 5.75 Å². The molecular weight excluding hydrogens is 372 g/mol. The van der Waals surface area contributed by atoms with E-state index in [1.54, 1.807) is 44.5 Å². The lowest BCUT2D eigenvalue weighted by Crippen LogP contribution is -2.35. The molecular formula is C22H28N2O5. The van der Waals surface area contributed by atoms with Crippen LogP contribution in [-0.4, -0.2) is 50.6 Å². The first-order chi connectivity index (χ1) is 14.0. The summed E-state index contributed by atoms with van der Waals surface area (Å²) in [6.07, 6.45) is 0.214. The molecule has 0 saturated carbocycles. The van der Waals surface area contributed by atoms with Crippen molar-refractivity contribution in [3.05, 3.63) is 48.0 Å². The van der Waals surface area contributed by atoms with Crippen LogP contribution in [0.1, 0.15) is 19.4 Å². The van der Waals surface area contributed by atoms with Crippen molar-refractivity contribution in [2.24, 2.45) is 0 Å². The highest BCUT2D eigenvalue weighted by Crippen LogP contribution is 2.30. The zero-order chi connectivity index (χ0) is 21.2. The fraction of sp³-hybridized carbons (Fsp3) is 0.364. The van der Waals surface area contributed by atoms with Crippen molar-refractivity contribution in [1.29, 1.82) is 0 Å². The maximum atomic E-state index is 12.4. The molecule has 2 amide bonds. The number of amides is 2. The summed E-state index contributed by atoms with van der Waals surface area (Å²) in [4.78, 5) is 26.1. The molecule has 0 aliphatic rings. The highest BCUT2D eigenvalue weighted by Gasteiger charge is 2.15. The van der Waals surface area contributed by atoms with Gasteiger partial charge >= 0.3 is 0 Å². The van der Waals surface area contributed by atoms with Crippen molar-refractivity contribution in [2.45, 2.75) is 20.3 Å². The number of rotatable bonds is 10. The minimum absolute atomic E-state index is 0.0494. The molecule has 2 rings (SSSR count). The Morgan fingerprint density at radius 1 is 0.966 bits per heavy atom. The molecule has 2 aromatic carbocycles. The van der Waals surface area contributed by atoms with Crippen LogP contribution >= 0.6 is 0 Å². The molecule has 0 aliphatic heterocycles. The third kappa shape index (κ3) is 6.71. The Labute approximate surface area is 171 Å². The number of ether oxygens (including phenoxy) is 3. The standard InChI is InChI=1S/C22H28N2O5/c1-5-28-19-12-9-17(14-20(19)29-6-2)23-21(25)15-24(3)22(26)13-16-7-10-18(27-4)11-8-16/h7-12,14H,5-6,13,15H2,1-4H3,(H,23,25). The molecule has 0 atom stereocenters. The van der Waals surface area contributed by atoms with Crippen molar-refractivity contribution in [3.8, 4) is 17.2 Å². The van der Waals surface area contributed by atoms with Gasteiger partial charge in [-0.05, 0) is 43.7 Å². The molecule has 29 heavy (non-hydrogen) atoms. The van der Waals surface area contributed by atoms with E-state index in [2.05, 4.69) is 5.32 Å². The zero-order valence-electron chi connectivity index (χ0n) is 17.4. The van der Waals surface area contributed by atoms with Crippen LogP contribution in [0.2, 0.25) is 0 Å².